The fourth-order valence-corrected chi connectivity index (χ4v) is 2.20. The van der Waals surface area contributed by atoms with E-state index in [2.05, 4.69) is 20.7 Å². The van der Waals surface area contributed by atoms with Gasteiger partial charge in [-0.1, -0.05) is 15.9 Å². The lowest BCUT2D eigenvalue weighted by atomic mass is 10.2. The number of carbonyl (C=O) groups is 1. The highest BCUT2D eigenvalue weighted by Crippen LogP contribution is 2.16. The summed E-state index contributed by atoms with van der Waals surface area (Å²) in [6, 6.07) is 4.84. The van der Waals surface area contributed by atoms with E-state index in [1.807, 2.05) is 18.0 Å². The number of hydrogen-bond acceptors (Lipinski definition) is 3. The molecule has 0 N–H and O–H groups in total. The molecular weight excluding hydrogens is 301 g/mol. The van der Waals surface area contributed by atoms with E-state index >= 15 is 0 Å². The minimum absolute atomic E-state index is 0.197. The lowest BCUT2D eigenvalue weighted by Crippen LogP contribution is -2.20. The van der Waals surface area contributed by atoms with Crippen molar-refractivity contribution >= 4 is 21.9 Å². The SMILES string of the molecule is COC(=O)CCCN(C)Cc1cc(F)cc(Br)c1. The summed E-state index contributed by atoms with van der Waals surface area (Å²) in [5.74, 6) is -0.445. The predicted octanol–water partition coefficient (Wildman–Crippen LogP) is 2.97. The van der Waals surface area contributed by atoms with Gasteiger partial charge in [-0.3, -0.25) is 4.79 Å². The summed E-state index contributed by atoms with van der Waals surface area (Å²) in [5.41, 5.74) is 0.905. The molecule has 0 bridgehead atoms. The van der Waals surface area contributed by atoms with Gasteiger partial charge in [0.1, 0.15) is 5.82 Å². The largest absolute Gasteiger partial charge is 0.469 e. The Labute approximate surface area is 115 Å². The van der Waals surface area contributed by atoms with Gasteiger partial charge in [-0.25, -0.2) is 4.39 Å². The Morgan fingerprint density at radius 3 is 2.78 bits per heavy atom. The van der Waals surface area contributed by atoms with Crippen LogP contribution in [0.2, 0.25) is 0 Å². The van der Waals surface area contributed by atoms with E-state index in [0.717, 1.165) is 23.0 Å². The molecule has 0 amide bonds. The predicted molar refractivity (Wildman–Crippen MR) is 71.7 cm³/mol. The number of ether oxygens (including phenoxy) is 1. The standard InChI is InChI=1S/C13H17BrFNO2/c1-16(5-3-4-13(17)18-2)9-10-6-11(14)8-12(15)7-10/h6-8H,3-5,9H2,1-2H3. The Morgan fingerprint density at radius 1 is 1.44 bits per heavy atom. The molecule has 100 valence electrons. The Balaban J connectivity index is 2.39. The maximum Gasteiger partial charge on any atom is 0.305 e. The van der Waals surface area contributed by atoms with Crippen LogP contribution in [0.25, 0.3) is 0 Å². The lowest BCUT2D eigenvalue weighted by Gasteiger charge is -2.16. The molecule has 0 heterocycles. The Hall–Kier alpha value is -0.940. The summed E-state index contributed by atoms with van der Waals surface area (Å²) in [5, 5.41) is 0. The van der Waals surface area contributed by atoms with Crippen molar-refractivity contribution in [1.82, 2.24) is 4.90 Å². The molecule has 18 heavy (non-hydrogen) atoms. The van der Waals surface area contributed by atoms with E-state index < -0.39 is 0 Å². The van der Waals surface area contributed by atoms with Crippen molar-refractivity contribution in [2.24, 2.45) is 0 Å². The molecule has 0 aliphatic rings. The maximum absolute atomic E-state index is 13.2. The molecule has 5 heteroatoms. The molecular formula is C13H17BrFNO2. The van der Waals surface area contributed by atoms with Crippen molar-refractivity contribution in [3.8, 4) is 0 Å². The first kappa shape index (κ1) is 15.1. The van der Waals surface area contributed by atoms with Gasteiger partial charge in [-0.2, -0.15) is 0 Å². The third kappa shape index (κ3) is 5.60. The molecule has 1 rings (SSSR count). The van der Waals surface area contributed by atoms with Gasteiger partial charge < -0.3 is 9.64 Å². The van der Waals surface area contributed by atoms with E-state index in [0.29, 0.717) is 13.0 Å². The zero-order chi connectivity index (χ0) is 13.5. The van der Waals surface area contributed by atoms with Crippen molar-refractivity contribution in [1.29, 1.82) is 0 Å². The van der Waals surface area contributed by atoms with Crippen LogP contribution >= 0.6 is 15.9 Å². The number of halogens is 2. The minimum Gasteiger partial charge on any atom is -0.469 e. The van der Waals surface area contributed by atoms with Gasteiger partial charge in [0.25, 0.3) is 0 Å². The minimum atomic E-state index is -0.248. The number of rotatable bonds is 6. The Morgan fingerprint density at radius 2 is 2.17 bits per heavy atom. The highest BCUT2D eigenvalue weighted by Gasteiger charge is 2.05. The number of hydrogen-bond donors (Lipinski definition) is 0. The molecule has 0 saturated heterocycles. The summed E-state index contributed by atoms with van der Waals surface area (Å²) in [4.78, 5) is 13.0. The molecule has 3 nitrogen and oxygen atoms in total. The monoisotopic (exact) mass is 317 g/mol. The van der Waals surface area contributed by atoms with Crippen molar-refractivity contribution in [2.45, 2.75) is 19.4 Å². The third-order valence-corrected chi connectivity index (χ3v) is 2.98. The van der Waals surface area contributed by atoms with Crippen molar-refractivity contribution in [3.63, 3.8) is 0 Å². The molecule has 0 spiro atoms. The smallest absolute Gasteiger partial charge is 0.305 e. The highest BCUT2D eigenvalue weighted by molar-refractivity contribution is 9.10. The zero-order valence-electron chi connectivity index (χ0n) is 10.6. The first-order valence-corrected chi connectivity index (χ1v) is 6.51. The van der Waals surface area contributed by atoms with Crippen LogP contribution in [0.1, 0.15) is 18.4 Å². The lowest BCUT2D eigenvalue weighted by molar-refractivity contribution is -0.140. The molecule has 0 saturated carbocycles. The number of carbonyl (C=O) groups excluding carboxylic acids is 1. The molecule has 1 aromatic carbocycles. The highest BCUT2D eigenvalue weighted by atomic mass is 79.9. The van der Waals surface area contributed by atoms with Crippen LogP contribution in [-0.4, -0.2) is 31.6 Å². The van der Waals surface area contributed by atoms with Crippen LogP contribution < -0.4 is 0 Å². The second-order valence-corrected chi connectivity index (χ2v) is 5.11. The molecule has 0 fully saturated rings. The van der Waals surface area contributed by atoms with Crippen LogP contribution in [-0.2, 0) is 16.1 Å². The summed E-state index contributed by atoms with van der Waals surface area (Å²) < 4.78 is 18.5. The van der Waals surface area contributed by atoms with Gasteiger partial charge >= 0.3 is 5.97 Å². The van der Waals surface area contributed by atoms with Crippen LogP contribution in [0.4, 0.5) is 4.39 Å². The zero-order valence-corrected chi connectivity index (χ0v) is 12.2. The summed E-state index contributed by atoms with van der Waals surface area (Å²) in [7, 11) is 3.33. The number of esters is 1. The van der Waals surface area contributed by atoms with Crippen LogP contribution in [0, 0.1) is 5.82 Å². The first-order valence-electron chi connectivity index (χ1n) is 5.71. The van der Waals surface area contributed by atoms with Crippen LogP contribution in [0.5, 0.6) is 0 Å². The molecule has 0 unspecified atom stereocenters. The average molecular weight is 318 g/mol. The number of nitrogens with zero attached hydrogens (tertiary/aromatic N) is 1. The van der Waals surface area contributed by atoms with E-state index in [1.54, 1.807) is 0 Å². The van der Waals surface area contributed by atoms with Crippen molar-refractivity contribution in [3.05, 3.63) is 34.1 Å². The molecule has 0 aliphatic carbocycles. The summed E-state index contributed by atoms with van der Waals surface area (Å²) in [6.07, 6.45) is 1.15. The van der Waals surface area contributed by atoms with Crippen molar-refractivity contribution in [2.75, 3.05) is 20.7 Å². The summed E-state index contributed by atoms with van der Waals surface area (Å²) in [6.45, 7) is 1.42. The van der Waals surface area contributed by atoms with Gasteiger partial charge in [0.05, 0.1) is 7.11 Å². The number of benzene rings is 1. The summed E-state index contributed by atoms with van der Waals surface area (Å²) >= 11 is 3.26. The van der Waals surface area contributed by atoms with Gasteiger partial charge in [0.15, 0.2) is 0 Å². The second kappa shape index (κ2) is 7.48. The molecule has 0 atom stereocenters. The third-order valence-electron chi connectivity index (χ3n) is 2.52. The molecule has 0 radical (unpaired) electrons. The van der Waals surface area contributed by atoms with Crippen molar-refractivity contribution < 1.29 is 13.9 Å². The van der Waals surface area contributed by atoms with E-state index in [1.165, 1.54) is 19.2 Å². The van der Waals surface area contributed by atoms with Gasteiger partial charge in [-0.15, -0.1) is 0 Å². The maximum atomic E-state index is 13.2. The fourth-order valence-electron chi connectivity index (χ4n) is 1.69. The number of methoxy groups -OCH3 is 1. The van der Waals surface area contributed by atoms with Gasteiger partial charge in [-0.05, 0) is 43.8 Å². The topological polar surface area (TPSA) is 29.5 Å². The normalized spacial score (nSPS) is 10.7. The fraction of sp³-hybridized carbons (Fsp3) is 0.462. The Kier molecular flexibility index (Phi) is 6.29. The van der Waals surface area contributed by atoms with E-state index in [-0.39, 0.29) is 11.8 Å². The van der Waals surface area contributed by atoms with Crippen LogP contribution in [0.15, 0.2) is 22.7 Å². The molecule has 0 aromatic heterocycles. The first-order chi connectivity index (χ1) is 8.51. The van der Waals surface area contributed by atoms with Crippen LogP contribution in [0.3, 0.4) is 0 Å². The van der Waals surface area contributed by atoms with E-state index in [4.69, 9.17) is 0 Å². The van der Waals surface area contributed by atoms with Gasteiger partial charge in [0.2, 0.25) is 0 Å². The van der Waals surface area contributed by atoms with Gasteiger partial charge in [0, 0.05) is 17.4 Å². The van der Waals surface area contributed by atoms with E-state index in [9.17, 15) is 9.18 Å². The quantitative estimate of drug-likeness (QED) is 0.755. The second-order valence-electron chi connectivity index (χ2n) is 4.20. The average Bonchev–Trinajstić information content (AvgIpc) is 2.27. The molecule has 1 aromatic rings. The molecule has 0 aliphatic heterocycles. The Bertz CT molecular complexity index is 392.